The zero-order valence-corrected chi connectivity index (χ0v) is 13.2. The third kappa shape index (κ3) is 3.15. The molecule has 0 spiro atoms. The molecule has 0 unspecified atom stereocenters. The molecule has 0 fully saturated rings. The summed E-state index contributed by atoms with van der Waals surface area (Å²) < 4.78 is 10.9. The lowest BCUT2D eigenvalue weighted by Crippen LogP contribution is -2.26. The molecule has 122 valence electrons. The van der Waals surface area contributed by atoms with E-state index in [1.807, 2.05) is 0 Å². The van der Waals surface area contributed by atoms with Gasteiger partial charge in [0, 0.05) is 17.6 Å². The molecule has 23 heavy (non-hydrogen) atoms. The standard InChI is InChI=1S/C15H16N2O6/c1-15(2,3)23-14(19)16-8-10(13(18)22-4)9-6-5-7-11(12(9)16)17(20)21/h5-8H,1-4H3. The molecular weight excluding hydrogens is 304 g/mol. The lowest BCUT2D eigenvalue weighted by molar-refractivity contribution is -0.383. The highest BCUT2D eigenvalue weighted by Gasteiger charge is 2.27. The van der Waals surface area contributed by atoms with Gasteiger partial charge in [-0.2, -0.15) is 0 Å². The zero-order valence-electron chi connectivity index (χ0n) is 13.2. The van der Waals surface area contributed by atoms with Crippen molar-refractivity contribution >= 4 is 28.7 Å². The Balaban J connectivity index is 2.75. The van der Waals surface area contributed by atoms with Crippen molar-refractivity contribution in [1.29, 1.82) is 0 Å². The van der Waals surface area contributed by atoms with E-state index >= 15 is 0 Å². The number of hydrogen-bond acceptors (Lipinski definition) is 6. The third-order valence-corrected chi connectivity index (χ3v) is 3.00. The number of esters is 1. The molecule has 0 atom stereocenters. The Kier molecular flexibility index (Phi) is 4.09. The summed E-state index contributed by atoms with van der Waals surface area (Å²) in [6, 6.07) is 4.20. The fraction of sp³-hybridized carbons (Fsp3) is 0.333. The van der Waals surface area contributed by atoms with Crippen LogP contribution < -0.4 is 0 Å². The summed E-state index contributed by atoms with van der Waals surface area (Å²) in [7, 11) is 1.19. The molecule has 1 aromatic heterocycles. The van der Waals surface area contributed by atoms with Gasteiger partial charge in [-0.25, -0.2) is 14.2 Å². The number of ether oxygens (including phenoxy) is 2. The Morgan fingerprint density at radius 2 is 1.91 bits per heavy atom. The highest BCUT2D eigenvalue weighted by Crippen LogP contribution is 2.30. The highest BCUT2D eigenvalue weighted by molar-refractivity contribution is 6.09. The number of nitro benzene ring substituents is 1. The van der Waals surface area contributed by atoms with Crippen molar-refractivity contribution in [2.45, 2.75) is 26.4 Å². The van der Waals surface area contributed by atoms with E-state index < -0.39 is 22.6 Å². The van der Waals surface area contributed by atoms with Crippen molar-refractivity contribution in [3.05, 3.63) is 40.1 Å². The number of fused-ring (bicyclic) bond motifs is 1. The molecule has 2 rings (SSSR count). The monoisotopic (exact) mass is 320 g/mol. The molecule has 2 aromatic rings. The average Bonchev–Trinajstić information content (AvgIpc) is 2.84. The first-order valence-corrected chi connectivity index (χ1v) is 6.76. The van der Waals surface area contributed by atoms with Gasteiger partial charge in [-0.3, -0.25) is 10.1 Å². The summed E-state index contributed by atoms with van der Waals surface area (Å²) >= 11 is 0. The van der Waals surface area contributed by atoms with Crippen LogP contribution in [0.1, 0.15) is 31.1 Å². The molecule has 0 amide bonds. The summed E-state index contributed by atoms with van der Waals surface area (Å²) in [6.07, 6.45) is 0.379. The van der Waals surface area contributed by atoms with Gasteiger partial charge in [0.15, 0.2) is 0 Å². The van der Waals surface area contributed by atoms with Crippen LogP contribution >= 0.6 is 0 Å². The minimum atomic E-state index is -0.813. The van der Waals surface area contributed by atoms with Crippen LogP contribution in [0.25, 0.3) is 10.9 Å². The van der Waals surface area contributed by atoms with Crippen LogP contribution in [0.2, 0.25) is 0 Å². The number of rotatable bonds is 2. The molecule has 8 nitrogen and oxygen atoms in total. The molecule has 0 N–H and O–H groups in total. The maximum atomic E-state index is 12.3. The minimum absolute atomic E-state index is 0.00727. The Labute approximate surface area is 131 Å². The quantitative estimate of drug-likeness (QED) is 0.479. The van der Waals surface area contributed by atoms with Gasteiger partial charge in [0.25, 0.3) is 5.69 Å². The number of aromatic nitrogens is 1. The second kappa shape index (κ2) is 5.71. The smallest absolute Gasteiger partial charge is 0.419 e. The normalized spacial score (nSPS) is 11.3. The van der Waals surface area contributed by atoms with Crippen molar-refractivity contribution in [3.8, 4) is 0 Å². The number of carbonyl (C=O) groups is 2. The van der Waals surface area contributed by atoms with Crippen LogP contribution in [0, 0.1) is 10.1 Å². The van der Waals surface area contributed by atoms with E-state index in [0.29, 0.717) is 0 Å². The Morgan fingerprint density at radius 1 is 1.26 bits per heavy atom. The maximum Gasteiger partial charge on any atom is 0.419 e. The SMILES string of the molecule is COC(=O)c1cn(C(=O)OC(C)(C)C)c2c([N+](=O)[O-])cccc12. The number of carbonyl (C=O) groups excluding carboxylic acids is 2. The van der Waals surface area contributed by atoms with Gasteiger partial charge in [0.1, 0.15) is 11.1 Å². The van der Waals surface area contributed by atoms with Gasteiger partial charge < -0.3 is 9.47 Å². The molecule has 0 radical (unpaired) electrons. The topological polar surface area (TPSA) is 101 Å². The fourth-order valence-electron chi connectivity index (χ4n) is 2.14. The Hall–Kier alpha value is -2.90. The number of para-hydroxylation sites is 1. The van der Waals surface area contributed by atoms with Gasteiger partial charge in [0.2, 0.25) is 0 Å². The van der Waals surface area contributed by atoms with Crippen LogP contribution in [0.3, 0.4) is 0 Å². The van der Waals surface area contributed by atoms with Gasteiger partial charge in [-0.1, -0.05) is 12.1 Å². The van der Waals surface area contributed by atoms with Crippen LogP contribution in [-0.4, -0.2) is 34.3 Å². The second-order valence-electron chi connectivity index (χ2n) is 5.82. The summed E-state index contributed by atoms with van der Waals surface area (Å²) in [5.41, 5.74) is -1.05. The molecule has 0 saturated heterocycles. The first-order chi connectivity index (χ1) is 10.7. The van der Waals surface area contributed by atoms with Crippen LogP contribution in [0.15, 0.2) is 24.4 Å². The number of methoxy groups -OCH3 is 1. The van der Waals surface area contributed by atoms with Crippen molar-refractivity contribution in [2.24, 2.45) is 0 Å². The number of nitrogens with zero attached hydrogens (tertiary/aromatic N) is 2. The molecule has 0 aliphatic rings. The summed E-state index contributed by atoms with van der Waals surface area (Å²) in [4.78, 5) is 34.8. The molecule has 0 aliphatic heterocycles. The fourth-order valence-corrected chi connectivity index (χ4v) is 2.14. The predicted molar refractivity (Wildman–Crippen MR) is 81.6 cm³/mol. The molecule has 8 heteroatoms. The van der Waals surface area contributed by atoms with Gasteiger partial charge in [-0.05, 0) is 20.8 Å². The number of benzene rings is 1. The Bertz CT molecular complexity index is 800. The van der Waals surface area contributed by atoms with E-state index in [2.05, 4.69) is 4.74 Å². The molecule has 0 bridgehead atoms. The first kappa shape index (κ1) is 16.5. The molecule has 1 aromatic carbocycles. The molecule has 0 aliphatic carbocycles. The van der Waals surface area contributed by atoms with E-state index in [1.54, 1.807) is 20.8 Å². The highest BCUT2D eigenvalue weighted by atomic mass is 16.6. The largest absolute Gasteiger partial charge is 0.465 e. The van der Waals surface area contributed by atoms with Gasteiger partial charge >= 0.3 is 12.1 Å². The first-order valence-electron chi connectivity index (χ1n) is 6.76. The Morgan fingerprint density at radius 3 is 2.43 bits per heavy atom. The van der Waals surface area contributed by atoms with E-state index in [-0.39, 0.29) is 22.2 Å². The number of hydrogen-bond donors (Lipinski definition) is 0. The van der Waals surface area contributed by atoms with Crippen molar-refractivity contribution in [2.75, 3.05) is 7.11 Å². The van der Waals surface area contributed by atoms with E-state index in [0.717, 1.165) is 4.57 Å². The van der Waals surface area contributed by atoms with E-state index in [1.165, 1.54) is 31.5 Å². The van der Waals surface area contributed by atoms with Crippen molar-refractivity contribution < 1.29 is 24.0 Å². The van der Waals surface area contributed by atoms with Crippen molar-refractivity contribution in [1.82, 2.24) is 4.57 Å². The van der Waals surface area contributed by atoms with Gasteiger partial charge in [0.05, 0.1) is 17.6 Å². The van der Waals surface area contributed by atoms with Crippen molar-refractivity contribution in [3.63, 3.8) is 0 Å². The summed E-state index contributed by atoms with van der Waals surface area (Å²) in [5.74, 6) is -0.696. The molecule has 0 saturated carbocycles. The van der Waals surface area contributed by atoms with E-state index in [4.69, 9.17) is 4.74 Å². The summed E-state index contributed by atoms with van der Waals surface area (Å²) in [6.45, 7) is 5.02. The predicted octanol–water partition coefficient (Wildman–Crippen LogP) is 3.12. The molecular formula is C15H16N2O6. The number of non-ortho nitro benzene ring substituents is 1. The summed E-state index contributed by atoms with van der Waals surface area (Å²) in [5, 5.41) is 11.5. The lowest BCUT2D eigenvalue weighted by Gasteiger charge is -2.19. The minimum Gasteiger partial charge on any atom is -0.465 e. The van der Waals surface area contributed by atoms with Crippen LogP contribution in [0.5, 0.6) is 0 Å². The van der Waals surface area contributed by atoms with Crippen LogP contribution in [-0.2, 0) is 9.47 Å². The van der Waals surface area contributed by atoms with Crippen LogP contribution in [0.4, 0.5) is 10.5 Å². The number of nitro groups is 1. The molecule has 1 heterocycles. The average molecular weight is 320 g/mol. The third-order valence-electron chi connectivity index (χ3n) is 3.00. The van der Waals surface area contributed by atoms with Gasteiger partial charge in [-0.15, -0.1) is 0 Å². The lowest BCUT2D eigenvalue weighted by atomic mass is 10.1. The second-order valence-corrected chi connectivity index (χ2v) is 5.82. The zero-order chi connectivity index (χ0) is 17.4. The maximum absolute atomic E-state index is 12.3. The van der Waals surface area contributed by atoms with E-state index in [9.17, 15) is 19.7 Å².